The molecule has 0 spiro atoms. The number of hydrogen-bond donors (Lipinski definition) is 1. The van der Waals surface area contributed by atoms with Gasteiger partial charge >= 0.3 is 0 Å². The van der Waals surface area contributed by atoms with Gasteiger partial charge in [0.25, 0.3) is 0 Å². The molecular weight excluding hydrogens is 185 g/mol. The zero-order chi connectivity index (χ0) is 8.27. The zero-order valence-electron chi connectivity index (χ0n) is 5.46. The van der Waals surface area contributed by atoms with Crippen molar-refractivity contribution in [2.75, 3.05) is 0 Å². The smallest absolute Gasteiger partial charge is 0.133 e. The van der Waals surface area contributed by atoms with Crippen LogP contribution in [0.2, 0.25) is 5.02 Å². The second kappa shape index (κ2) is 3.74. The Morgan fingerprint density at radius 1 is 1.55 bits per heavy atom. The molecule has 0 unspecified atom stereocenters. The Hall–Kier alpha value is -0.540. The fourth-order valence-corrected chi connectivity index (χ4v) is 0.952. The number of benzene rings is 1. The first-order valence-corrected chi connectivity index (χ1v) is 3.64. The highest BCUT2D eigenvalue weighted by atomic mass is 35.5. The molecule has 1 aromatic carbocycles. The molecule has 58 valence electrons. The van der Waals surface area contributed by atoms with E-state index in [0.29, 0.717) is 10.6 Å². The summed E-state index contributed by atoms with van der Waals surface area (Å²) in [4.78, 5) is 0. The van der Waals surface area contributed by atoms with Gasteiger partial charge in [-0.1, -0.05) is 11.6 Å². The van der Waals surface area contributed by atoms with Crippen molar-refractivity contribution in [1.82, 2.24) is 0 Å². The van der Waals surface area contributed by atoms with Gasteiger partial charge in [-0.3, -0.25) is 0 Å². The third-order valence-electron chi connectivity index (χ3n) is 1.16. The number of nitrogens with zero attached hydrogens (tertiary/aromatic N) is 1. The van der Waals surface area contributed by atoms with Gasteiger partial charge in [-0.15, -0.1) is 0 Å². The molecule has 4 heteroatoms. The molecule has 1 rings (SSSR count). The molecule has 0 N–H and O–H groups in total. The lowest BCUT2D eigenvalue weighted by molar-refractivity contribution is 0.626. The minimum atomic E-state index is -0.393. The maximum absolute atomic E-state index is 12.8. The van der Waals surface area contributed by atoms with Crippen LogP contribution in [0.1, 0.15) is 5.56 Å². The third-order valence-corrected chi connectivity index (χ3v) is 1.51. The Balaban J connectivity index is 3.09. The maximum atomic E-state index is 12.8. The highest BCUT2D eigenvalue weighted by molar-refractivity contribution is 7.79. The van der Waals surface area contributed by atoms with Crippen LogP contribution in [0.3, 0.4) is 0 Å². The van der Waals surface area contributed by atoms with E-state index in [-0.39, 0.29) is 0 Å². The van der Waals surface area contributed by atoms with Crippen LogP contribution in [-0.4, -0.2) is 6.21 Å². The minimum Gasteiger partial charge on any atom is -0.227 e. The zero-order valence-corrected chi connectivity index (χ0v) is 7.11. The molecule has 0 radical (unpaired) electrons. The van der Waals surface area contributed by atoms with E-state index in [1.807, 2.05) is 0 Å². The Morgan fingerprint density at radius 2 is 2.27 bits per heavy atom. The van der Waals surface area contributed by atoms with Crippen LogP contribution >= 0.6 is 24.4 Å². The van der Waals surface area contributed by atoms with Crippen LogP contribution in [0.4, 0.5) is 4.39 Å². The van der Waals surface area contributed by atoms with Crippen LogP contribution in [0.5, 0.6) is 0 Å². The molecule has 0 fully saturated rings. The van der Waals surface area contributed by atoms with Gasteiger partial charge < -0.3 is 0 Å². The standard InChI is InChI=1S/C7H5ClFNS/c8-6-2-1-5(4-10-11)7(9)3-6/h1-4,11H. The predicted molar refractivity (Wildman–Crippen MR) is 48.0 cm³/mol. The van der Waals surface area contributed by atoms with Gasteiger partial charge in [0.2, 0.25) is 0 Å². The van der Waals surface area contributed by atoms with E-state index < -0.39 is 5.82 Å². The summed E-state index contributed by atoms with van der Waals surface area (Å²) in [5.74, 6) is -0.393. The van der Waals surface area contributed by atoms with E-state index in [1.54, 1.807) is 6.07 Å². The Kier molecular flexibility index (Phi) is 2.91. The fourth-order valence-electron chi connectivity index (χ4n) is 0.668. The molecule has 11 heavy (non-hydrogen) atoms. The maximum Gasteiger partial charge on any atom is 0.133 e. The van der Waals surface area contributed by atoms with Gasteiger partial charge in [0, 0.05) is 16.8 Å². The Bertz CT molecular complexity index is 288. The Labute approximate surface area is 74.5 Å². The predicted octanol–water partition coefficient (Wildman–Crippen LogP) is 2.74. The summed E-state index contributed by atoms with van der Waals surface area (Å²) < 4.78 is 16.2. The molecule has 0 heterocycles. The first-order chi connectivity index (χ1) is 5.24. The molecule has 0 atom stereocenters. The van der Waals surface area contributed by atoms with E-state index in [1.165, 1.54) is 18.3 Å². The van der Waals surface area contributed by atoms with E-state index in [2.05, 4.69) is 17.2 Å². The summed E-state index contributed by atoms with van der Waals surface area (Å²) in [6.45, 7) is 0. The molecule has 0 saturated carbocycles. The molecule has 0 aromatic heterocycles. The highest BCUT2D eigenvalue weighted by Gasteiger charge is 1.98. The largest absolute Gasteiger partial charge is 0.227 e. The van der Waals surface area contributed by atoms with Crippen molar-refractivity contribution >= 4 is 30.6 Å². The lowest BCUT2D eigenvalue weighted by atomic mass is 10.2. The van der Waals surface area contributed by atoms with Crippen LogP contribution < -0.4 is 0 Å². The number of halogens is 2. The van der Waals surface area contributed by atoms with E-state index in [9.17, 15) is 4.39 Å². The summed E-state index contributed by atoms with van der Waals surface area (Å²) in [7, 11) is 0. The summed E-state index contributed by atoms with van der Waals surface area (Å²) in [6, 6.07) is 4.36. The molecule has 0 amide bonds. The van der Waals surface area contributed by atoms with Crippen molar-refractivity contribution in [2.45, 2.75) is 0 Å². The molecule has 0 aliphatic heterocycles. The van der Waals surface area contributed by atoms with Crippen molar-refractivity contribution in [1.29, 1.82) is 0 Å². The van der Waals surface area contributed by atoms with E-state index in [0.717, 1.165) is 0 Å². The fraction of sp³-hybridized carbons (Fsp3) is 0. The first kappa shape index (κ1) is 8.56. The average molecular weight is 190 g/mol. The van der Waals surface area contributed by atoms with E-state index >= 15 is 0 Å². The van der Waals surface area contributed by atoms with E-state index in [4.69, 9.17) is 11.6 Å². The van der Waals surface area contributed by atoms with Crippen molar-refractivity contribution in [3.05, 3.63) is 34.6 Å². The summed E-state index contributed by atoms with van der Waals surface area (Å²) in [5, 5.41) is 0.374. The van der Waals surface area contributed by atoms with Gasteiger partial charge in [0.15, 0.2) is 0 Å². The van der Waals surface area contributed by atoms with Crippen molar-refractivity contribution in [3.8, 4) is 0 Å². The lowest BCUT2D eigenvalue weighted by Crippen LogP contribution is -1.85. The van der Waals surface area contributed by atoms with Crippen molar-refractivity contribution in [3.63, 3.8) is 0 Å². The summed E-state index contributed by atoms with van der Waals surface area (Å²) in [6.07, 6.45) is 1.31. The van der Waals surface area contributed by atoms with Gasteiger partial charge in [-0.25, -0.2) is 8.79 Å². The second-order valence-electron chi connectivity index (χ2n) is 1.91. The number of hydrogen-bond acceptors (Lipinski definition) is 2. The monoisotopic (exact) mass is 189 g/mol. The summed E-state index contributed by atoms with van der Waals surface area (Å²) in [5.41, 5.74) is 0.379. The molecule has 0 aliphatic rings. The number of thiol groups is 1. The molecule has 0 saturated heterocycles. The van der Waals surface area contributed by atoms with Crippen molar-refractivity contribution in [2.24, 2.45) is 4.40 Å². The van der Waals surface area contributed by atoms with Gasteiger partial charge in [0.1, 0.15) is 5.82 Å². The quantitative estimate of drug-likeness (QED) is 0.515. The molecule has 0 bridgehead atoms. The number of rotatable bonds is 1. The van der Waals surface area contributed by atoms with Crippen molar-refractivity contribution < 1.29 is 4.39 Å². The molecule has 1 nitrogen and oxygen atoms in total. The van der Waals surface area contributed by atoms with Gasteiger partial charge in [-0.2, -0.15) is 0 Å². The third kappa shape index (κ3) is 2.20. The molecular formula is C7H5ClFNS. The van der Waals surface area contributed by atoms with Gasteiger partial charge in [-0.05, 0) is 31.0 Å². The van der Waals surface area contributed by atoms with Crippen LogP contribution in [0.25, 0.3) is 0 Å². The Morgan fingerprint density at radius 3 is 2.82 bits per heavy atom. The summed E-state index contributed by atoms with van der Waals surface area (Å²) >= 11 is 9.09. The van der Waals surface area contributed by atoms with Gasteiger partial charge in [0.05, 0.1) is 0 Å². The average Bonchev–Trinajstić information content (AvgIpc) is 1.95. The SMILES string of the molecule is Fc1cc(Cl)ccc1C=NS. The van der Waals surface area contributed by atoms with Crippen LogP contribution in [-0.2, 0) is 0 Å². The van der Waals surface area contributed by atoms with Crippen LogP contribution in [0, 0.1) is 5.82 Å². The molecule has 1 aromatic rings. The van der Waals surface area contributed by atoms with Crippen LogP contribution in [0.15, 0.2) is 22.6 Å². The highest BCUT2D eigenvalue weighted by Crippen LogP contribution is 2.12. The lowest BCUT2D eigenvalue weighted by Gasteiger charge is -1.94. The first-order valence-electron chi connectivity index (χ1n) is 2.86. The molecule has 0 aliphatic carbocycles. The normalized spacial score (nSPS) is 10.8. The minimum absolute atomic E-state index is 0.374. The second-order valence-corrected chi connectivity index (χ2v) is 2.58. The topological polar surface area (TPSA) is 12.4 Å².